The van der Waals surface area contributed by atoms with Gasteiger partial charge in [-0.15, -0.1) is 0 Å². The first kappa shape index (κ1) is 13.9. The number of nitrogens with zero attached hydrogens (tertiary/aromatic N) is 3. The molecule has 0 aliphatic carbocycles. The number of aryl methyl sites for hydroxylation is 2. The molecule has 1 aromatic rings. The third-order valence-electron chi connectivity index (χ3n) is 3.30. The Balaban J connectivity index is 1.94. The fraction of sp³-hybridized carbons (Fsp3) is 0.692. The largest absolute Gasteiger partial charge is 0.377 e. The Hall–Kier alpha value is -1.56. The zero-order valence-electron chi connectivity index (χ0n) is 11.8. The lowest BCUT2D eigenvalue weighted by Crippen LogP contribution is -2.45. The van der Waals surface area contributed by atoms with Crippen LogP contribution in [0.1, 0.15) is 25.5 Å². The number of anilines is 1. The van der Waals surface area contributed by atoms with Crippen LogP contribution in [0.25, 0.3) is 0 Å². The number of piperidine rings is 1. The number of likely N-dealkylation sites (tertiary alicyclic amines) is 1. The molecule has 0 radical (unpaired) electrons. The lowest BCUT2D eigenvalue weighted by molar-refractivity contribution is 0.0181. The summed E-state index contributed by atoms with van der Waals surface area (Å²) in [5, 5.41) is 7.11. The highest BCUT2D eigenvalue weighted by Crippen LogP contribution is 2.15. The molecule has 0 spiro atoms. The molecular formula is C13H22N4O2. The molecule has 2 heterocycles. The van der Waals surface area contributed by atoms with Gasteiger partial charge in [-0.25, -0.2) is 4.79 Å². The number of carbonyl (C=O) groups excluding carboxylic acids is 1. The predicted molar refractivity (Wildman–Crippen MR) is 73.2 cm³/mol. The Morgan fingerprint density at radius 1 is 1.63 bits per heavy atom. The molecule has 1 fully saturated rings. The molecule has 1 atom stereocenters. The fourth-order valence-electron chi connectivity index (χ4n) is 2.41. The highest BCUT2D eigenvalue weighted by molar-refractivity contribution is 5.88. The topological polar surface area (TPSA) is 59.4 Å². The average molecular weight is 266 g/mol. The van der Waals surface area contributed by atoms with Gasteiger partial charge in [-0.1, -0.05) is 0 Å². The van der Waals surface area contributed by atoms with Crippen LogP contribution in [0.5, 0.6) is 0 Å². The van der Waals surface area contributed by atoms with E-state index in [1.165, 1.54) is 0 Å². The number of nitrogens with one attached hydrogen (secondary N) is 1. The monoisotopic (exact) mass is 266 g/mol. The van der Waals surface area contributed by atoms with E-state index >= 15 is 0 Å². The van der Waals surface area contributed by atoms with Crippen molar-refractivity contribution >= 4 is 11.8 Å². The number of hydrogen-bond donors (Lipinski definition) is 1. The molecule has 0 saturated carbocycles. The molecule has 1 N–H and O–H groups in total. The average Bonchev–Trinajstić information content (AvgIpc) is 2.68. The first-order valence-corrected chi connectivity index (χ1v) is 6.78. The second-order valence-electron chi connectivity index (χ2n) is 4.89. The van der Waals surface area contributed by atoms with Crippen molar-refractivity contribution in [1.82, 2.24) is 14.7 Å². The first-order valence-electron chi connectivity index (χ1n) is 6.78. The zero-order chi connectivity index (χ0) is 13.8. The number of rotatable bonds is 3. The lowest BCUT2D eigenvalue weighted by atomic mass is 10.1. The maximum absolute atomic E-state index is 12.2. The van der Waals surface area contributed by atoms with Gasteiger partial charge in [-0.05, 0) is 26.7 Å². The molecule has 1 unspecified atom stereocenters. The van der Waals surface area contributed by atoms with Gasteiger partial charge >= 0.3 is 6.03 Å². The van der Waals surface area contributed by atoms with Gasteiger partial charge in [-0.3, -0.25) is 10.00 Å². The van der Waals surface area contributed by atoms with Crippen molar-refractivity contribution in [3.8, 4) is 0 Å². The van der Waals surface area contributed by atoms with E-state index in [-0.39, 0.29) is 12.1 Å². The molecule has 1 aliphatic heterocycles. The maximum atomic E-state index is 12.2. The van der Waals surface area contributed by atoms with Crippen molar-refractivity contribution in [2.24, 2.45) is 7.05 Å². The summed E-state index contributed by atoms with van der Waals surface area (Å²) in [5.74, 6) is 0.723. The molecule has 19 heavy (non-hydrogen) atoms. The molecule has 0 aromatic carbocycles. The second kappa shape index (κ2) is 6.06. The molecule has 2 rings (SSSR count). The van der Waals surface area contributed by atoms with E-state index in [9.17, 15) is 4.79 Å². The van der Waals surface area contributed by atoms with Crippen LogP contribution < -0.4 is 5.32 Å². The van der Waals surface area contributed by atoms with Gasteiger partial charge in [0.15, 0.2) is 0 Å². The van der Waals surface area contributed by atoms with Gasteiger partial charge in [0.2, 0.25) is 0 Å². The molecule has 0 bridgehead atoms. The highest BCUT2D eigenvalue weighted by Gasteiger charge is 2.24. The minimum Gasteiger partial charge on any atom is -0.377 e. The summed E-state index contributed by atoms with van der Waals surface area (Å²) in [7, 11) is 1.82. The van der Waals surface area contributed by atoms with Gasteiger partial charge < -0.3 is 9.64 Å². The van der Waals surface area contributed by atoms with Crippen LogP contribution in [0.2, 0.25) is 0 Å². The molecule has 2 amide bonds. The second-order valence-corrected chi connectivity index (χ2v) is 4.89. The van der Waals surface area contributed by atoms with E-state index in [0.29, 0.717) is 13.2 Å². The van der Waals surface area contributed by atoms with Crippen molar-refractivity contribution in [1.29, 1.82) is 0 Å². The molecule has 6 heteroatoms. The summed E-state index contributed by atoms with van der Waals surface area (Å²) in [6.45, 7) is 6.03. The maximum Gasteiger partial charge on any atom is 0.323 e. The summed E-state index contributed by atoms with van der Waals surface area (Å²) in [6, 6.07) is 1.79. The van der Waals surface area contributed by atoms with Crippen LogP contribution in [0.3, 0.4) is 0 Å². The first-order chi connectivity index (χ1) is 9.10. The third-order valence-corrected chi connectivity index (χ3v) is 3.30. The number of hydrogen-bond acceptors (Lipinski definition) is 3. The smallest absolute Gasteiger partial charge is 0.323 e. The molecule has 6 nitrogen and oxygen atoms in total. The van der Waals surface area contributed by atoms with E-state index in [4.69, 9.17) is 4.74 Å². The normalized spacial score (nSPS) is 19.5. The molecule has 1 aliphatic rings. The van der Waals surface area contributed by atoms with Crippen molar-refractivity contribution in [2.45, 2.75) is 32.8 Å². The van der Waals surface area contributed by atoms with E-state index in [1.54, 1.807) is 4.68 Å². The zero-order valence-corrected chi connectivity index (χ0v) is 11.8. The van der Waals surface area contributed by atoms with Crippen molar-refractivity contribution in [3.05, 3.63) is 11.8 Å². The lowest BCUT2D eigenvalue weighted by Gasteiger charge is -2.32. The minimum atomic E-state index is -0.0765. The quantitative estimate of drug-likeness (QED) is 0.907. The van der Waals surface area contributed by atoms with Crippen LogP contribution in [-0.4, -0.2) is 46.5 Å². The predicted octanol–water partition coefficient (Wildman–Crippen LogP) is 1.76. The van der Waals surface area contributed by atoms with Crippen LogP contribution >= 0.6 is 0 Å². The summed E-state index contributed by atoms with van der Waals surface area (Å²) in [6.07, 6.45) is 2.18. The SMILES string of the molecule is CCOC1CCCN(C(=O)Nc2cc(C)nn2C)C1. The van der Waals surface area contributed by atoms with Crippen molar-refractivity contribution in [2.75, 3.05) is 25.0 Å². The highest BCUT2D eigenvalue weighted by atomic mass is 16.5. The van der Waals surface area contributed by atoms with Gasteiger partial charge in [-0.2, -0.15) is 5.10 Å². The van der Waals surface area contributed by atoms with Crippen molar-refractivity contribution in [3.63, 3.8) is 0 Å². The van der Waals surface area contributed by atoms with Crippen LogP contribution in [0.4, 0.5) is 10.6 Å². The van der Waals surface area contributed by atoms with Crippen LogP contribution in [0.15, 0.2) is 6.07 Å². The third kappa shape index (κ3) is 3.47. The van der Waals surface area contributed by atoms with E-state index < -0.39 is 0 Å². The standard InChI is InChI=1S/C13H22N4O2/c1-4-19-11-6-5-7-17(9-11)13(18)14-12-8-10(2)15-16(12)3/h8,11H,4-7,9H2,1-3H3,(H,14,18). The van der Waals surface area contributed by atoms with Crippen molar-refractivity contribution < 1.29 is 9.53 Å². The number of ether oxygens (including phenoxy) is 1. The molecular weight excluding hydrogens is 244 g/mol. The van der Waals surface area contributed by atoms with Gasteiger partial charge in [0.05, 0.1) is 11.8 Å². The molecule has 1 aromatic heterocycles. The van der Waals surface area contributed by atoms with E-state index in [0.717, 1.165) is 30.9 Å². The fourth-order valence-corrected chi connectivity index (χ4v) is 2.41. The van der Waals surface area contributed by atoms with Gasteiger partial charge in [0.1, 0.15) is 5.82 Å². The van der Waals surface area contributed by atoms with Gasteiger partial charge in [0.25, 0.3) is 0 Å². The van der Waals surface area contributed by atoms with Crippen LogP contribution in [-0.2, 0) is 11.8 Å². The van der Waals surface area contributed by atoms with E-state index in [2.05, 4.69) is 10.4 Å². The minimum absolute atomic E-state index is 0.0765. The Morgan fingerprint density at radius 2 is 2.42 bits per heavy atom. The molecule has 1 saturated heterocycles. The van der Waals surface area contributed by atoms with Gasteiger partial charge in [0, 0.05) is 32.8 Å². The number of urea groups is 1. The summed E-state index contributed by atoms with van der Waals surface area (Å²) in [4.78, 5) is 14.0. The number of carbonyl (C=O) groups is 1. The Bertz CT molecular complexity index is 442. The van der Waals surface area contributed by atoms with E-state index in [1.807, 2.05) is 31.9 Å². The number of aromatic nitrogens is 2. The number of amides is 2. The Kier molecular flexibility index (Phi) is 4.42. The Morgan fingerprint density at radius 3 is 3.05 bits per heavy atom. The summed E-state index contributed by atoms with van der Waals surface area (Å²) >= 11 is 0. The summed E-state index contributed by atoms with van der Waals surface area (Å²) in [5.41, 5.74) is 0.892. The van der Waals surface area contributed by atoms with Crippen LogP contribution in [0, 0.1) is 6.92 Å². The summed E-state index contributed by atoms with van der Waals surface area (Å²) < 4.78 is 7.28. The Labute approximate surface area is 113 Å². The molecule has 106 valence electrons.